The molecule has 116 valence electrons. The van der Waals surface area contributed by atoms with Gasteiger partial charge in [0.1, 0.15) is 18.2 Å². The Labute approximate surface area is 134 Å². The van der Waals surface area contributed by atoms with Gasteiger partial charge in [-0.3, -0.25) is 0 Å². The summed E-state index contributed by atoms with van der Waals surface area (Å²) in [4.78, 5) is 0. The normalized spacial score (nSPS) is 10.5. The van der Waals surface area contributed by atoms with Crippen LogP contribution >= 0.6 is 0 Å². The van der Waals surface area contributed by atoms with Gasteiger partial charge >= 0.3 is 0 Å². The molecule has 0 saturated carbocycles. The monoisotopic (exact) mass is 308 g/mol. The molecular weight excluding hydrogens is 291 g/mol. The third kappa shape index (κ3) is 3.58. The lowest BCUT2D eigenvalue weighted by Crippen LogP contribution is -2.01. The fourth-order valence-corrected chi connectivity index (χ4v) is 2.45. The molecule has 0 heterocycles. The Morgan fingerprint density at radius 3 is 2.13 bits per heavy atom. The highest BCUT2D eigenvalue weighted by atomic mass is 19.1. The molecule has 0 aliphatic carbocycles. The zero-order valence-corrected chi connectivity index (χ0v) is 12.6. The van der Waals surface area contributed by atoms with Gasteiger partial charge in [-0.2, -0.15) is 0 Å². The second-order valence-electron chi connectivity index (χ2n) is 5.16. The maximum atomic E-state index is 14.4. The third-order valence-corrected chi connectivity index (χ3v) is 3.60. The summed E-state index contributed by atoms with van der Waals surface area (Å²) in [5.41, 5.74) is 3.19. The zero-order valence-electron chi connectivity index (χ0n) is 12.6. The number of hydrogen-bond acceptors (Lipinski definition) is 2. The Morgan fingerprint density at radius 1 is 0.783 bits per heavy atom. The van der Waals surface area contributed by atoms with Crippen LogP contribution in [0.4, 0.5) is 4.39 Å². The minimum Gasteiger partial charge on any atom is -0.491 e. The highest BCUT2D eigenvalue weighted by Gasteiger charge is 2.07. The van der Waals surface area contributed by atoms with Crippen molar-refractivity contribution in [2.45, 2.75) is 0 Å². The molecule has 0 amide bonds. The second kappa shape index (κ2) is 7.07. The predicted octanol–water partition coefficient (Wildman–Crippen LogP) is 4.53. The van der Waals surface area contributed by atoms with Gasteiger partial charge in [-0.05, 0) is 34.9 Å². The Bertz CT molecular complexity index is 767. The molecule has 2 nitrogen and oxygen atoms in total. The first-order valence-corrected chi connectivity index (χ1v) is 7.47. The van der Waals surface area contributed by atoms with Crippen molar-refractivity contribution < 1.29 is 14.2 Å². The van der Waals surface area contributed by atoms with Crippen molar-refractivity contribution in [3.8, 4) is 28.0 Å². The van der Waals surface area contributed by atoms with Gasteiger partial charge in [0, 0.05) is 5.56 Å². The predicted molar refractivity (Wildman–Crippen MR) is 89.9 cm³/mol. The molecule has 3 aromatic carbocycles. The lowest BCUT2D eigenvalue weighted by molar-refractivity contribution is 0.201. The first kappa shape index (κ1) is 15.3. The minimum atomic E-state index is -0.241. The van der Waals surface area contributed by atoms with E-state index in [9.17, 15) is 4.39 Å². The standard InChI is InChI=1S/C20H17FO2/c21-20-14-17(8-11-19(20)16-4-2-1-3-5-16)15-6-9-18(10-7-15)23-13-12-22/h1-11,14,22H,12-13H2. The van der Waals surface area contributed by atoms with Crippen LogP contribution in [0.2, 0.25) is 0 Å². The van der Waals surface area contributed by atoms with Gasteiger partial charge in [-0.15, -0.1) is 0 Å². The van der Waals surface area contributed by atoms with E-state index in [1.54, 1.807) is 12.1 Å². The smallest absolute Gasteiger partial charge is 0.131 e. The number of rotatable bonds is 5. The van der Waals surface area contributed by atoms with Crippen LogP contribution in [-0.4, -0.2) is 18.3 Å². The maximum absolute atomic E-state index is 14.4. The van der Waals surface area contributed by atoms with E-state index in [4.69, 9.17) is 9.84 Å². The van der Waals surface area contributed by atoms with Gasteiger partial charge in [-0.25, -0.2) is 4.39 Å². The average molecular weight is 308 g/mol. The quantitative estimate of drug-likeness (QED) is 0.750. The molecule has 0 aromatic heterocycles. The van der Waals surface area contributed by atoms with Crippen LogP contribution in [0.3, 0.4) is 0 Å². The van der Waals surface area contributed by atoms with Crippen molar-refractivity contribution in [2.75, 3.05) is 13.2 Å². The van der Waals surface area contributed by atoms with Crippen molar-refractivity contribution >= 4 is 0 Å². The molecule has 23 heavy (non-hydrogen) atoms. The molecule has 0 saturated heterocycles. The highest BCUT2D eigenvalue weighted by Crippen LogP contribution is 2.28. The van der Waals surface area contributed by atoms with Crippen LogP contribution in [0, 0.1) is 5.82 Å². The largest absolute Gasteiger partial charge is 0.491 e. The number of aliphatic hydroxyl groups excluding tert-OH is 1. The lowest BCUT2D eigenvalue weighted by Gasteiger charge is -2.08. The van der Waals surface area contributed by atoms with Gasteiger partial charge in [0.15, 0.2) is 0 Å². The van der Waals surface area contributed by atoms with Crippen LogP contribution in [0.25, 0.3) is 22.3 Å². The fraction of sp³-hybridized carbons (Fsp3) is 0.100. The Balaban J connectivity index is 1.85. The molecule has 0 bridgehead atoms. The molecule has 3 aromatic rings. The Hall–Kier alpha value is -2.65. The SMILES string of the molecule is OCCOc1ccc(-c2ccc(-c3ccccc3)c(F)c2)cc1. The lowest BCUT2D eigenvalue weighted by atomic mass is 9.99. The maximum Gasteiger partial charge on any atom is 0.131 e. The Kier molecular flexibility index (Phi) is 4.69. The zero-order chi connectivity index (χ0) is 16.1. The van der Waals surface area contributed by atoms with Crippen LogP contribution in [0.5, 0.6) is 5.75 Å². The van der Waals surface area contributed by atoms with E-state index >= 15 is 0 Å². The summed E-state index contributed by atoms with van der Waals surface area (Å²) in [6.07, 6.45) is 0. The summed E-state index contributed by atoms with van der Waals surface area (Å²) in [5.74, 6) is 0.443. The highest BCUT2D eigenvalue weighted by molar-refractivity contribution is 5.71. The van der Waals surface area contributed by atoms with Crippen LogP contribution in [-0.2, 0) is 0 Å². The van der Waals surface area contributed by atoms with Crippen molar-refractivity contribution in [3.05, 3.63) is 78.6 Å². The van der Waals surface area contributed by atoms with E-state index in [1.165, 1.54) is 0 Å². The summed E-state index contributed by atoms with van der Waals surface area (Å²) < 4.78 is 19.7. The summed E-state index contributed by atoms with van der Waals surface area (Å²) in [5, 5.41) is 8.74. The number of halogens is 1. The Morgan fingerprint density at radius 2 is 1.48 bits per heavy atom. The van der Waals surface area contributed by atoms with E-state index in [-0.39, 0.29) is 19.0 Å². The first-order chi connectivity index (χ1) is 11.3. The van der Waals surface area contributed by atoms with Crippen LogP contribution in [0.15, 0.2) is 72.8 Å². The molecule has 0 radical (unpaired) electrons. The number of ether oxygens (including phenoxy) is 1. The molecule has 1 N–H and O–H groups in total. The first-order valence-electron chi connectivity index (χ1n) is 7.47. The summed E-state index contributed by atoms with van der Waals surface area (Å²) >= 11 is 0. The van der Waals surface area contributed by atoms with E-state index in [2.05, 4.69) is 0 Å². The van der Waals surface area contributed by atoms with Crippen molar-refractivity contribution in [1.82, 2.24) is 0 Å². The van der Waals surface area contributed by atoms with Crippen LogP contribution < -0.4 is 4.74 Å². The van der Waals surface area contributed by atoms with Gasteiger partial charge < -0.3 is 9.84 Å². The van der Waals surface area contributed by atoms with E-state index in [0.29, 0.717) is 11.3 Å². The number of hydrogen-bond donors (Lipinski definition) is 1. The molecule has 0 spiro atoms. The fourth-order valence-electron chi connectivity index (χ4n) is 2.45. The van der Waals surface area contributed by atoms with Gasteiger partial charge in [0.2, 0.25) is 0 Å². The molecule has 3 heteroatoms. The average Bonchev–Trinajstić information content (AvgIpc) is 2.61. The van der Waals surface area contributed by atoms with Gasteiger partial charge in [-0.1, -0.05) is 54.6 Å². The van der Waals surface area contributed by atoms with E-state index < -0.39 is 0 Å². The molecule has 0 unspecified atom stereocenters. The molecular formula is C20H17FO2. The van der Waals surface area contributed by atoms with Crippen molar-refractivity contribution in [2.24, 2.45) is 0 Å². The number of benzene rings is 3. The van der Waals surface area contributed by atoms with Gasteiger partial charge in [0.25, 0.3) is 0 Å². The van der Waals surface area contributed by atoms with E-state index in [0.717, 1.165) is 16.7 Å². The van der Waals surface area contributed by atoms with Crippen molar-refractivity contribution in [1.29, 1.82) is 0 Å². The summed E-state index contributed by atoms with van der Waals surface area (Å²) in [6.45, 7) is 0.244. The van der Waals surface area contributed by atoms with E-state index in [1.807, 2.05) is 60.7 Å². The molecule has 0 fully saturated rings. The van der Waals surface area contributed by atoms with Gasteiger partial charge in [0.05, 0.1) is 6.61 Å². The summed E-state index contributed by atoms with van der Waals surface area (Å²) in [6, 6.07) is 22.1. The third-order valence-electron chi connectivity index (χ3n) is 3.60. The molecule has 0 aliphatic heterocycles. The molecule has 3 rings (SSSR count). The number of aliphatic hydroxyl groups is 1. The summed E-state index contributed by atoms with van der Waals surface area (Å²) in [7, 11) is 0. The van der Waals surface area contributed by atoms with Crippen molar-refractivity contribution in [3.63, 3.8) is 0 Å². The van der Waals surface area contributed by atoms with Crippen LogP contribution in [0.1, 0.15) is 0 Å². The second-order valence-corrected chi connectivity index (χ2v) is 5.16. The molecule has 0 aliphatic rings. The minimum absolute atomic E-state index is 0.0199. The topological polar surface area (TPSA) is 29.5 Å². The molecule has 0 atom stereocenters.